The molecule has 0 aromatic heterocycles. The van der Waals surface area contributed by atoms with Crippen molar-refractivity contribution < 1.29 is 19.0 Å². The van der Waals surface area contributed by atoms with E-state index in [1.165, 1.54) is 0 Å². The molecule has 0 fully saturated rings. The Bertz CT molecular complexity index is 464. The second kappa shape index (κ2) is 5.58. The number of hydrogen-bond donors (Lipinski definition) is 1. The lowest BCUT2D eigenvalue weighted by molar-refractivity contribution is -0.143. The van der Waals surface area contributed by atoms with Gasteiger partial charge < -0.3 is 19.9 Å². The molecular weight excluding hydrogens is 302 g/mol. The van der Waals surface area contributed by atoms with Crippen molar-refractivity contribution in [2.24, 2.45) is 5.73 Å². The van der Waals surface area contributed by atoms with Crippen LogP contribution in [0, 0.1) is 0 Å². The summed E-state index contributed by atoms with van der Waals surface area (Å²) >= 11 is 3.39. The Labute approximate surface area is 113 Å². The fourth-order valence-corrected chi connectivity index (χ4v) is 2.29. The first-order chi connectivity index (χ1) is 8.61. The monoisotopic (exact) mass is 315 g/mol. The van der Waals surface area contributed by atoms with E-state index in [0.29, 0.717) is 18.1 Å². The van der Waals surface area contributed by atoms with Crippen molar-refractivity contribution >= 4 is 21.9 Å². The summed E-state index contributed by atoms with van der Waals surface area (Å²) in [6, 6.07) is 3.20. The summed E-state index contributed by atoms with van der Waals surface area (Å²) in [6.45, 7) is 2.32. The van der Waals surface area contributed by atoms with Gasteiger partial charge in [-0.1, -0.05) is 0 Å². The number of esters is 1. The van der Waals surface area contributed by atoms with E-state index in [0.717, 1.165) is 10.0 Å². The Balaban J connectivity index is 2.13. The van der Waals surface area contributed by atoms with Gasteiger partial charge in [-0.05, 0) is 40.5 Å². The molecule has 0 radical (unpaired) electrons. The molecule has 0 bridgehead atoms. The van der Waals surface area contributed by atoms with Gasteiger partial charge in [-0.25, -0.2) is 0 Å². The van der Waals surface area contributed by atoms with Crippen molar-refractivity contribution in [1.82, 2.24) is 0 Å². The number of halogens is 1. The highest BCUT2D eigenvalue weighted by Crippen LogP contribution is 2.41. The Morgan fingerprint density at radius 2 is 2.33 bits per heavy atom. The van der Waals surface area contributed by atoms with Gasteiger partial charge in [0.15, 0.2) is 11.5 Å². The molecule has 1 aliphatic heterocycles. The Morgan fingerprint density at radius 3 is 3.06 bits per heavy atom. The van der Waals surface area contributed by atoms with Crippen molar-refractivity contribution in [3.05, 3.63) is 22.2 Å². The number of carbonyl (C=O) groups excluding carboxylic acids is 1. The molecule has 2 rings (SSSR count). The predicted molar refractivity (Wildman–Crippen MR) is 68.4 cm³/mol. The molecular formula is C12H14BrNO4. The fraction of sp³-hybridized carbons (Fsp3) is 0.417. The molecule has 18 heavy (non-hydrogen) atoms. The molecule has 1 atom stereocenters. The molecule has 0 aliphatic carbocycles. The van der Waals surface area contributed by atoms with Gasteiger partial charge in [0.1, 0.15) is 0 Å². The molecule has 98 valence electrons. The van der Waals surface area contributed by atoms with Crippen LogP contribution in [-0.4, -0.2) is 19.4 Å². The summed E-state index contributed by atoms with van der Waals surface area (Å²) in [6.07, 6.45) is 0.139. The molecule has 6 heteroatoms. The van der Waals surface area contributed by atoms with E-state index >= 15 is 0 Å². The first-order valence-electron chi connectivity index (χ1n) is 5.62. The average molecular weight is 316 g/mol. The van der Waals surface area contributed by atoms with Crippen LogP contribution in [0.4, 0.5) is 0 Å². The Morgan fingerprint density at radius 1 is 1.56 bits per heavy atom. The van der Waals surface area contributed by atoms with E-state index in [9.17, 15) is 4.79 Å². The van der Waals surface area contributed by atoms with Gasteiger partial charge in [-0.15, -0.1) is 0 Å². The highest BCUT2D eigenvalue weighted by molar-refractivity contribution is 9.10. The molecule has 1 aromatic carbocycles. The normalized spacial score (nSPS) is 14.4. The maximum absolute atomic E-state index is 11.4. The van der Waals surface area contributed by atoms with Crippen molar-refractivity contribution in [1.29, 1.82) is 0 Å². The molecule has 0 spiro atoms. The standard InChI is InChI=1S/C12H14BrNO4/c1-2-16-11(15)5-9(14)7-3-8(13)12-10(4-7)17-6-18-12/h3-4,9H,2,5-6,14H2,1H3/t9-/m1/s1. The molecule has 1 aromatic rings. The van der Waals surface area contributed by atoms with Crippen LogP contribution in [0.25, 0.3) is 0 Å². The van der Waals surface area contributed by atoms with Gasteiger partial charge in [-0.3, -0.25) is 4.79 Å². The van der Waals surface area contributed by atoms with Crippen molar-refractivity contribution in [2.75, 3.05) is 13.4 Å². The largest absolute Gasteiger partial charge is 0.466 e. The minimum Gasteiger partial charge on any atom is -0.466 e. The zero-order valence-corrected chi connectivity index (χ0v) is 11.5. The number of fused-ring (bicyclic) bond motifs is 1. The Hall–Kier alpha value is -1.27. The second-order valence-corrected chi connectivity index (χ2v) is 4.71. The lowest BCUT2D eigenvalue weighted by atomic mass is 10.0. The molecule has 0 saturated heterocycles. The minimum absolute atomic E-state index is 0.139. The summed E-state index contributed by atoms with van der Waals surface area (Å²) in [4.78, 5) is 11.4. The molecule has 1 heterocycles. The lowest BCUT2D eigenvalue weighted by Crippen LogP contribution is -2.17. The summed E-state index contributed by atoms with van der Waals surface area (Å²) in [5.74, 6) is 1.000. The summed E-state index contributed by atoms with van der Waals surface area (Å²) in [7, 11) is 0. The third-order valence-electron chi connectivity index (χ3n) is 2.57. The smallest absolute Gasteiger partial charge is 0.307 e. The summed E-state index contributed by atoms with van der Waals surface area (Å²) < 4.78 is 16.2. The highest BCUT2D eigenvalue weighted by Gasteiger charge is 2.21. The zero-order chi connectivity index (χ0) is 13.1. The minimum atomic E-state index is -0.421. The van der Waals surface area contributed by atoms with Crippen LogP contribution < -0.4 is 15.2 Å². The topological polar surface area (TPSA) is 70.8 Å². The quantitative estimate of drug-likeness (QED) is 0.862. The zero-order valence-electron chi connectivity index (χ0n) is 9.94. The molecule has 2 N–H and O–H groups in total. The fourth-order valence-electron chi connectivity index (χ4n) is 1.72. The number of ether oxygens (including phenoxy) is 3. The summed E-state index contributed by atoms with van der Waals surface area (Å²) in [5, 5.41) is 0. The van der Waals surface area contributed by atoms with Crippen LogP contribution in [0.15, 0.2) is 16.6 Å². The first-order valence-corrected chi connectivity index (χ1v) is 6.41. The third-order valence-corrected chi connectivity index (χ3v) is 3.16. The van der Waals surface area contributed by atoms with Gasteiger partial charge in [-0.2, -0.15) is 0 Å². The van der Waals surface area contributed by atoms with Crippen molar-refractivity contribution in [2.45, 2.75) is 19.4 Å². The van der Waals surface area contributed by atoms with E-state index in [2.05, 4.69) is 15.9 Å². The number of benzene rings is 1. The van der Waals surface area contributed by atoms with Gasteiger partial charge in [0.25, 0.3) is 0 Å². The number of carbonyl (C=O) groups is 1. The van der Waals surface area contributed by atoms with Crippen LogP contribution in [0.5, 0.6) is 11.5 Å². The molecule has 1 aliphatic rings. The van der Waals surface area contributed by atoms with Crippen LogP contribution in [0.1, 0.15) is 24.9 Å². The van der Waals surface area contributed by atoms with Crippen LogP contribution >= 0.6 is 15.9 Å². The third kappa shape index (κ3) is 2.76. The first kappa shape index (κ1) is 13.2. The maximum Gasteiger partial charge on any atom is 0.307 e. The second-order valence-electron chi connectivity index (χ2n) is 3.85. The van der Waals surface area contributed by atoms with Crippen molar-refractivity contribution in [3.63, 3.8) is 0 Å². The number of hydrogen-bond acceptors (Lipinski definition) is 5. The van der Waals surface area contributed by atoms with Gasteiger partial charge in [0.2, 0.25) is 6.79 Å². The van der Waals surface area contributed by atoms with E-state index in [-0.39, 0.29) is 19.2 Å². The average Bonchev–Trinajstić information content (AvgIpc) is 2.77. The van der Waals surface area contributed by atoms with E-state index in [4.69, 9.17) is 19.9 Å². The lowest BCUT2D eigenvalue weighted by Gasteiger charge is -2.12. The van der Waals surface area contributed by atoms with Gasteiger partial charge in [0.05, 0.1) is 17.5 Å². The molecule has 0 saturated carbocycles. The van der Waals surface area contributed by atoms with Gasteiger partial charge >= 0.3 is 5.97 Å². The molecule has 5 nitrogen and oxygen atoms in total. The van der Waals surface area contributed by atoms with Crippen LogP contribution in [-0.2, 0) is 9.53 Å². The van der Waals surface area contributed by atoms with Crippen LogP contribution in [0.3, 0.4) is 0 Å². The summed E-state index contributed by atoms with van der Waals surface area (Å²) in [5.41, 5.74) is 6.78. The van der Waals surface area contributed by atoms with Crippen molar-refractivity contribution in [3.8, 4) is 11.5 Å². The van der Waals surface area contributed by atoms with Gasteiger partial charge in [0, 0.05) is 6.04 Å². The van der Waals surface area contributed by atoms with E-state index in [1.54, 1.807) is 13.0 Å². The number of nitrogens with two attached hydrogens (primary N) is 1. The maximum atomic E-state index is 11.4. The number of rotatable bonds is 4. The molecule has 0 amide bonds. The molecule has 0 unspecified atom stereocenters. The SMILES string of the molecule is CCOC(=O)C[C@@H](N)c1cc(Br)c2c(c1)OCO2. The Kier molecular flexibility index (Phi) is 4.08. The predicted octanol–water partition coefficient (Wildman–Crippen LogP) is 2.13. The van der Waals surface area contributed by atoms with E-state index in [1.807, 2.05) is 6.07 Å². The van der Waals surface area contributed by atoms with E-state index < -0.39 is 6.04 Å². The van der Waals surface area contributed by atoms with Crippen LogP contribution in [0.2, 0.25) is 0 Å². The highest BCUT2D eigenvalue weighted by atomic mass is 79.9.